The zero-order chi connectivity index (χ0) is 17.8. The molecular formula is C16H26ClN3O3. The van der Waals surface area contributed by atoms with Crippen molar-refractivity contribution in [3.8, 4) is 0 Å². The van der Waals surface area contributed by atoms with Crippen LogP contribution in [0.15, 0.2) is 11.8 Å². The van der Waals surface area contributed by atoms with E-state index in [9.17, 15) is 9.59 Å². The lowest BCUT2D eigenvalue weighted by molar-refractivity contribution is -0.129. The van der Waals surface area contributed by atoms with E-state index in [-0.39, 0.29) is 28.3 Å². The van der Waals surface area contributed by atoms with Crippen LogP contribution in [-0.2, 0) is 14.3 Å². The minimum Gasteiger partial charge on any atom is -0.375 e. The second-order valence-corrected chi connectivity index (χ2v) is 7.87. The molecule has 7 heteroatoms. The summed E-state index contributed by atoms with van der Waals surface area (Å²) < 4.78 is 5.63. The van der Waals surface area contributed by atoms with Crippen LogP contribution in [-0.4, -0.2) is 35.7 Å². The summed E-state index contributed by atoms with van der Waals surface area (Å²) in [6, 6.07) is 0. The fourth-order valence-corrected chi connectivity index (χ4v) is 2.32. The van der Waals surface area contributed by atoms with Crippen molar-refractivity contribution in [3.63, 3.8) is 0 Å². The van der Waals surface area contributed by atoms with E-state index in [1.807, 2.05) is 13.8 Å². The van der Waals surface area contributed by atoms with Gasteiger partial charge in [-0.2, -0.15) is 0 Å². The molecule has 1 rings (SSSR count). The van der Waals surface area contributed by atoms with Crippen molar-refractivity contribution in [2.24, 2.45) is 11.3 Å². The van der Waals surface area contributed by atoms with Crippen LogP contribution >= 0.6 is 11.6 Å². The van der Waals surface area contributed by atoms with Gasteiger partial charge in [0, 0.05) is 24.0 Å². The van der Waals surface area contributed by atoms with Gasteiger partial charge in [-0.3, -0.25) is 15.0 Å². The Morgan fingerprint density at radius 1 is 1.39 bits per heavy atom. The summed E-state index contributed by atoms with van der Waals surface area (Å²) in [5.74, 6) is -0.552. The molecule has 0 aromatic heterocycles. The number of amides is 2. The maximum atomic E-state index is 12.3. The fraction of sp³-hybridized carbons (Fsp3) is 0.688. The van der Waals surface area contributed by atoms with Crippen LogP contribution < -0.4 is 10.6 Å². The minimum atomic E-state index is -0.656. The van der Waals surface area contributed by atoms with Crippen LogP contribution in [0.4, 0.5) is 0 Å². The smallest absolute Gasteiger partial charge is 0.267 e. The monoisotopic (exact) mass is 343 g/mol. The predicted octanol–water partition coefficient (Wildman–Crippen LogP) is 2.18. The highest BCUT2D eigenvalue weighted by Gasteiger charge is 2.32. The molecule has 0 aliphatic carbocycles. The van der Waals surface area contributed by atoms with E-state index in [2.05, 4.69) is 10.6 Å². The van der Waals surface area contributed by atoms with E-state index < -0.39 is 11.3 Å². The Kier molecular flexibility index (Phi) is 6.36. The van der Waals surface area contributed by atoms with Gasteiger partial charge in [0.1, 0.15) is 10.9 Å². The maximum Gasteiger partial charge on any atom is 0.267 e. The lowest BCUT2D eigenvalue weighted by Crippen LogP contribution is -2.41. The number of hydrogen-bond acceptors (Lipinski definition) is 4. The molecule has 0 bridgehead atoms. The number of halogens is 1. The zero-order valence-corrected chi connectivity index (χ0v) is 15.1. The van der Waals surface area contributed by atoms with Gasteiger partial charge in [0.05, 0.1) is 12.2 Å². The number of ether oxygens (including phenoxy) is 1. The molecule has 1 atom stereocenters. The van der Waals surface area contributed by atoms with Gasteiger partial charge in [-0.1, -0.05) is 32.4 Å². The second kappa shape index (κ2) is 7.45. The standard InChI is InChI=1S/C16H26ClN3O3/c1-15(2,3)14(22)20-11(6-12(17)18)13(21)19-8-10-7-16(4,5)23-9-10/h6,10,18H,7-9H2,1-5H3,(H,19,21)(H,20,22)/b11-6+,18-12?. The molecule has 23 heavy (non-hydrogen) atoms. The fourth-order valence-electron chi connectivity index (χ4n) is 2.21. The van der Waals surface area contributed by atoms with Crippen molar-refractivity contribution in [2.75, 3.05) is 13.2 Å². The van der Waals surface area contributed by atoms with E-state index in [4.69, 9.17) is 21.7 Å². The quantitative estimate of drug-likeness (QED) is 0.527. The highest BCUT2D eigenvalue weighted by molar-refractivity contribution is 6.67. The first-order valence-electron chi connectivity index (χ1n) is 7.60. The van der Waals surface area contributed by atoms with E-state index in [1.165, 1.54) is 0 Å². The third-order valence-electron chi connectivity index (χ3n) is 3.49. The van der Waals surface area contributed by atoms with Gasteiger partial charge >= 0.3 is 0 Å². The highest BCUT2D eigenvalue weighted by Crippen LogP contribution is 2.28. The number of allylic oxidation sites excluding steroid dienone is 1. The van der Waals surface area contributed by atoms with Gasteiger partial charge < -0.3 is 15.4 Å². The Hall–Kier alpha value is -1.40. The zero-order valence-electron chi connectivity index (χ0n) is 14.4. The Balaban J connectivity index is 2.67. The lowest BCUT2D eigenvalue weighted by Gasteiger charge is -2.19. The molecule has 1 fully saturated rings. The van der Waals surface area contributed by atoms with E-state index >= 15 is 0 Å². The molecule has 3 N–H and O–H groups in total. The van der Waals surface area contributed by atoms with Crippen molar-refractivity contribution in [2.45, 2.75) is 46.6 Å². The van der Waals surface area contributed by atoms with Crippen molar-refractivity contribution >= 4 is 28.6 Å². The van der Waals surface area contributed by atoms with Gasteiger partial charge in [0.15, 0.2) is 0 Å². The number of rotatable bonds is 5. The number of nitrogens with one attached hydrogen (secondary N) is 3. The average molecular weight is 344 g/mol. The summed E-state index contributed by atoms with van der Waals surface area (Å²) in [6.07, 6.45) is 1.99. The van der Waals surface area contributed by atoms with E-state index in [0.29, 0.717) is 13.2 Å². The Morgan fingerprint density at radius 2 is 2.00 bits per heavy atom. The first kappa shape index (κ1) is 19.6. The largest absolute Gasteiger partial charge is 0.375 e. The maximum absolute atomic E-state index is 12.3. The highest BCUT2D eigenvalue weighted by atomic mass is 35.5. The van der Waals surface area contributed by atoms with Gasteiger partial charge in [-0.15, -0.1) is 0 Å². The normalized spacial score (nSPS) is 21.0. The number of carbonyl (C=O) groups excluding carboxylic acids is 2. The molecular weight excluding hydrogens is 318 g/mol. The van der Waals surface area contributed by atoms with Crippen LogP contribution in [0.3, 0.4) is 0 Å². The predicted molar refractivity (Wildman–Crippen MR) is 90.4 cm³/mol. The van der Waals surface area contributed by atoms with Crippen molar-refractivity contribution in [3.05, 3.63) is 11.8 Å². The van der Waals surface area contributed by atoms with Gasteiger partial charge in [-0.25, -0.2) is 0 Å². The Morgan fingerprint density at radius 3 is 2.43 bits per heavy atom. The summed E-state index contributed by atoms with van der Waals surface area (Å²) in [4.78, 5) is 24.3. The minimum absolute atomic E-state index is 0.0249. The van der Waals surface area contributed by atoms with Crippen molar-refractivity contribution in [1.82, 2.24) is 10.6 Å². The third-order valence-corrected chi connectivity index (χ3v) is 3.60. The molecule has 130 valence electrons. The second-order valence-electron chi connectivity index (χ2n) is 7.46. The summed E-state index contributed by atoms with van der Waals surface area (Å²) >= 11 is 5.53. The molecule has 0 saturated carbocycles. The molecule has 1 aliphatic heterocycles. The molecule has 1 saturated heterocycles. The molecule has 0 aromatic carbocycles. The Bertz CT molecular complexity index is 521. The third kappa shape index (κ3) is 6.71. The lowest BCUT2D eigenvalue weighted by atomic mass is 9.95. The van der Waals surface area contributed by atoms with Gasteiger partial charge in [0.2, 0.25) is 5.91 Å². The topological polar surface area (TPSA) is 91.3 Å². The molecule has 0 aromatic rings. The summed E-state index contributed by atoms with van der Waals surface area (Å²) in [6.45, 7) is 10.3. The summed E-state index contributed by atoms with van der Waals surface area (Å²) in [5, 5.41) is 12.3. The van der Waals surface area contributed by atoms with Crippen LogP contribution in [0.2, 0.25) is 0 Å². The van der Waals surface area contributed by atoms with Crippen LogP contribution in [0.5, 0.6) is 0 Å². The summed E-state index contributed by atoms with van der Waals surface area (Å²) in [7, 11) is 0. The molecule has 1 aliphatic rings. The van der Waals surface area contributed by atoms with Crippen LogP contribution in [0, 0.1) is 16.7 Å². The van der Waals surface area contributed by atoms with E-state index in [1.54, 1.807) is 20.8 Å². The van der Waals surface area contributed by atoms with E-state index in [0.717, 1.165) is 12.5 Å². The Labute approximate surface area is 142 Å². The van der Waals surface area contributed by atoms with Crippen molar-refractivity contribution < 1.29 is 14.3 Å². The van der Waals surface area contributed by atoms with Gasteiger partial charge in [-0.05, 0) is 20.3 Å². The van der Waals surface area contributed by atoms with Crippen LogP contribution in [0.1, 0.15) is 41.0 Å². The molecule has 1 unspecified atom stereocenters. The average Bonchev–Trinajstić information content (AvgIpc) is 2.73. The molecule has 1 heterocycles. The molecule has 0 spiro atoms. The molecule has 0 radical (unpaired) electrons. The SMILES string of the molecule is CC1(C)CC(CNC(=O)/C(=C\C(=N)Cl)NC(=O)C(C)(C)C)CO1. The molecule has 6 nitrogen and oxygen atoms in total. The summed E-state index contributed by atoms with van der Waals surface area (Å²) in [5.41, 5.74) is -0.854. The number of hydrogen-bond donors (Lipinski definition) is 3. The number of carbonyl (C=O) groups is 2. The first-order chi connectivity index (χ1) is 10.4. The van der Waals surface area contributed by atoms with Crippen molar-refractivity contribution in [1.29, 1.82) is 5.41 Å². The first-order valence-corrected chi connectivity index (χ1v) is 7.98. The molecule has 2 amide bonds. The van der Waals surface area contributed by atoms with Crippen LogP contribution in [0.25, 0.3) is 0 Å². The van der Waals surface area contributed by atoms with Gasteiger partial charge in [0.25, 0.3) is 5.91 Å².